The molecule has 0 spiro atoms. The van der Waals surface area contributed by atoms with E-state index >= 15 is 0 Å². The van der Waals surface area contributed by atoms with Gasteiger partial charge in [0.25, 0.3) is 0 Å². The highest BCUT2D eigenvalue weighted by atomic mass is 16.5. The van der Waals surface area contributed by atoms with E-state index in [1.165, 1.54) is 31.2 Å². The zero-order chi connectivity index (χ0) is 13.1. The number of nitrogens with one attached hydrogen (secondary N) is 1. The summed E-state index contributed by atoms with van der Waals surface area (Å²) in [5.41, 5.74) is 1.41. The summed E-state index contributed by atoms with van der Waals surface area (Å²) in [6.07, 6.45) is 6.09. The number of unbranched alkanes of at least 4 members (excludes halogenated alkanes) is 2. The predicted molar refractivity (Wildman–Crippen MR) is 77.8 cm³/mol. The van der Waals surface area contributed by atoms with E-state index in [1.807, 2.05) is 0 Å². The molecular weight excluding hydrogens is 222 g/mol. The maximum Gasteiger partial charge on any atom is 0.0462 e. The molecule has 0 heterocycles. The summed E-state index contributed by atoms with van der Waals surface area (Å²) < 4.78 is 5.07. The molecular formula is C16H27NO. The molecule has 0 saturated heterocycles. The lowest BCUT2D eigenvalue weighted by molar-refractivity contribution is 0.192. The fourth-order valence-corrected chi connectivity index (χ4v) is 2.13. The minimum absolute atomic E-state index is 0.508. The molecule has 1 rings (SSSR count). The molecule has 0 aliphatic carbocycles. The Labute approximate surface area is 112 Å². The Balaban J connectivity index is 2.36. The van der Waals surface area contributed by atoms with E-state index in [0.717, 1.165) is 19.6 Å². The first kappa shape index (κ1) is 15.2. The van der Waals surface area contributed by atoms with Gasteiger partial charge in [-0.1, -0.05) is 50.1 Å². The average Bonchev–Trinajstić information content (AvgIpc) is 2.43. The zero-order valence-electron chi connectivity index (χ0n) is 11.8. The van der Waals surface area contributed by atoms with Gasteiger partial charge in [0, 0.05) is 19.8 Å². The minimum atomic E-state index is 0.508. The Morgan fingerprint density at radius 3 is 2.56 bits per heavy atom. The van der Waals surface area contributed by atoms with E-state index in [1.54, 1.807) is 7.11 Å². The summed E-state index contributed by atoms with van der Waals surface area (Å²) in [5.74, 6) is 0. The SMILES string of the molecule is CCCCC(NCCCCOC)c1ccccc1. The van der Waals surface area contributed by atoms with Crippen LogP contribution in [0.2, 0.25) is 0 Å². The Hall–Kier alpha value is -0.860. The Morgan fingerprint density at radius 2 is 1.89 bits per heavy atom. The lowest BCUT2D eigenvalue weighted by atomic mass is 10.0. The van der Waals surface area contributed by atoms with Gasteiger partial charge in [-0.3, -0.25) is 0 Å². The Kier molecular flexibility index (Phi) is 8.53. The van der Waals surface area contributed by atoms with Gasteiger partial charge in [0.1, 0.15) is 0 Å². The van der Waals surface area contributed by atoms with E-state index in [-0.39, 0.29) is 0 Å². The van der Waals surface area contributed by atoms with Crippen LogP contribution in [0.1, 0.15) is 50.6 Å². The second kappa shape index (κ2) is 10.1. The summed E-state index contributed by atoms with van der Waals surface area (Å²) in [6, 6.07) is 11.3. The fourth-order valence-electron chi connectivity index (χ4n) is 2.13. The van der Waals surface area contributed by atoms with E-state index in [9.17, 15) is 0 Å². The number of hydrogen-bond acceptors (Lipinski definition) is 2. The molecule has 0 radical (unpaired) electrons. The molecule has 0 aliphatic rings. The van der Waals surface area contributed by atoms with E-state index in [2.05, 4.69) is 42.6 Å². The molecule has 1 unspecified atom stereocenters. The van der Waals surface area contributed by atoms with Gasteiger partial charge < -0.3 is 10.1 Å². The van der Waals surface area contributed by atoms with Crippen LogP contribution in [0.5, 0.6) is 0 Å². The van der Waals surface area contributed by atoms with Crippen LogP contribution in [0, 0.1) is 0 Å². The lowest BCUT2D eigenvalue weighted by Crippen LogP contribution is -2.22. The molecule has 0 saturated carbocycles. The molecule has 1 atom stereocenters. The van der Waals surface area contributed by atoms with Crippen LogP contribution in [0.25, 0.3) is 0 Å². The molecule has 0 aromatic heterocycles. The first-order valence-corrected chi connectivity index (χ1v) is 7.15. The summed E-state index contributed by atoms with van der Waals surface area (Å²) in [5, 5.41) is 3.67. The fraction of sp³-hybridized carbons (Fsp3) is 0.625. The molecule has 0 amide bonds. The third-order valence-corrected chi connectivity index (χ3v) is 3.21. The van der Waals surface area contributed by atoms with Gasteiger partial charge in [0.2, 0.25) is 0 Å². The first-order chi connectivity index (χ1) is 8.88. The quantitative estimate of drug-likeness (QED) is 0.634. The molecule has 0 bridgehead atoms. The highest BCUT2D eigenvalue weighted by Crippen LogP contribution is 2.19. The lowest BCUT2D eigenvalue weighted by Gasteiger charge is -2.19. The van der Waals surface area contributed by atoms with Gasteiger partial charge in [-0.05, 0) is 31.4 Å². The number of methoxy groups -OCH3 is 1. The molecule has 1 N–H and O–H groups in total. The molecule has 1 aromatic rings. The normalized spacial score (nSPS) is 12.6. The monoisotopic (exact) mass is 249 g/mol. The van der Waals surface area contributed by atoms with Crippen molar-refractivity contribution in [3.63, 3.8) is 0 Å². The Morgan fingerprint density at radius 1 is 1.11 bits per heavy atom. The van der Waals surface area contributed by atoms with Gasteiger partial charge in [-0.15, -0.1) is 0 Å². The Bertz CT molecular complexity index is 286. The summed E-state index contributed by atoms with van der Waals surface area (Å²) >= 11 is 0. The van der Waals surface area contributed by atoms with Gasteiger partial charge in [0.05, 0.1) is 0 Å². The van der Waals surface area contributed by atoms with Gasteiger partial charge in [-0.2, -0.15) is 0 Å². The third-order valence-electron chi connectivity index (χ3n) is 3.21. The van der Waals surface area contributed by atoms with Crippen LogP contribution in [0.4, 0.5) is 0 Å². The average molecular weight is 249 g/mol. The van der Waals surface area contributed by atoms with Crippen LogP contribution in [-0.4, -0.2) is 20.3 Å². The first-order valence-electron chi connectivity index (χ1n) is 7.15. The molecule has 102 valence electrons. The van der Waals surface area contributed by atoms with Crippen molar-refractivity contribution < 1.29 is 4.74 Å². The summed E-state index contributed by atoms with van der Waals surface area (Å²) in [6.45, 7) is 4.19. The molecule has 2 heteroatoms. The number of hydrogen-bond donors (Lipinski definition) is 1. The van der Waals surface area contributed by atoms with Gasteiger partial charge in [0.15, 0.2) is 0 Å². The smallest absolute Gasteiger partial charge is 0.0462 e. The number of rotatable bonds is 10. The summed E-state index contributed by atoms with van der Waals surface area (Å²) in [7, 11) is 1.77. The number of benzene rings is 1. The van der Waals surface area contributed by atoms with E-state index < -0.39 is 0 Å². The van der Waals surface area contributed by atoms with E-state index in [0.29, 0.717) is 6.04 Å². The predicted octanol–water partition coefficient (Wildman–Crippen LogP) is 3.93. The van der Waals surface area contributed by atoms with Crippen molar-refractivity contribution in [3.05, 3.63) is 35.9 Å². The third kappa shape index (κ3) is 6.18. The van der Waals surface area contributed by atoms with Crippen molar-refractivity contribution in [3.8, 4) is 0 Å². The van der Waals surface area contributed by atoms with Crippen molar-refractivity contribution in [2.75, 3.05) is 20.3 Å². The summed E-state index contributed by atoms with van der Waals surface area (Å²) in [4.78, 5) is 0. The highest BCUT2D eigenvalue weighted by molar-refractivity contribution is 5.18. The van der Waals surface area contributed by atoms with Crippen LogP contribution in [0.3, 0.4) is 0 Å². The van der Waals surface area contributed by atoms with Crippen LogP contribution < -0.4 is 5.32 Å². The van der Waals surface area contributed by atoms with Crippen LogP contribution in [0.15, 0.2) is 30.3 Å². The molecule has 1 aromatic carbocycles. The maximum absolute atomic E-state index is 5.07. The van der Waals surface area contributed by atoms with Crippen LogP contribution in [-0.2, 0) is 4.74 Å². The van der Waals surface area contributed by atoms with Crippen molar-refractivity contribution in [1.82, 2.24) is 5.32 Å². The maximum atomic E-state index is 5.07. The molecule has 18 heavy (non-hydrogen) atoms. The second-order valence-electron chi connectivity index (χ2n) is 4.76. The molecule has 0 fully saturated rings. The molecule has 0 aliphatic heterocycles. The second-order valence-corrected chi connectivity index (χ2v) is 4.76. The van der Waals surface area contributed by atoms with Crippen molar-refractivity contribution in [1.29, 1.82) is 0 Å². The zero-order valence-corrected chi connectivity index (χ0v) is 11.8. The van der Waals surface area contributed by atoms with Crippen molar-refractivity contribution >= 4 is 0 Å². The molecule has 2 nitrogen and oxygen atoms in total. The standard InChI is InChI=1S/C16H27NO/c1-3-4-12-16(15-10-6-5-7-11-15)17-13-8-9-14-18-2/h5-7,10-11,16-17H,3-4,8-9,12-14H2,1-2H3. The van der Waals surface area contributed by atoms with Gasteiger partial charge in [-0.25, -0.2) is 0 Å². The minimum Gasteiger partial charge on any atom is -0.385 e. The topological polar surface area (TPSA) is 21.3 Å². The number of ether oxygens (including phenoxy) is 1. The van der Waals surface area contributed by atoms with Gasteiger partial charge >= 0.3 is 0 Å². The highest BCUT2D eigenvalue weighted by Gasteiger charge is 2.09. The van der Waals surface area contributed by atoms with Crippen molar-refractivity contribution in [2.24, 2.45) is 0 Å². The van der Waals surface area contributed by atoms with E-state index in [4.69, 9.17) is 4.74 Å². The van der Waals surface area contributed by atoms with Crippen molar-refractivity contribution in [2.45, 2.75) is 45.1 Å². The largest absolute Gasteiger partial charge is 0.385 e. The van der Waals surface area contributed by atoms with Crippen LogP contribution >= 0.6 is 0 Å².